The summed E-state index contributed by atoms with van der Waals surface area (Å²) in [6, 6.07) is 3.61. The average Bonchev–Trinajstić information content (AvgIpc) is 3.08. The minimum absolute atomic E-state index is 0.0378. The van der Waals surface area contributed by atoms with E-state index in [0.717, 1.165) is 23.3 Å². The van der Waals surface area contributed by atoms with Crippen LogP contribution in [0.1, 0.15) is 52.0 Å². The number of carbonyl (C=O) groups excluding carboxylic acids is 3. The molecule has 52 heavy (non-hydrogen) atoms. The van der Waals surface area contributed by atoms with Gasteiger partial charge in [-0.05, 0) is 57.6 Å². The summed E-state index contributed by atoms with van der Waals surface area (Å²) in [4.78, 5) is 41.9. The van der Waals surface area contributed by atoms with Gasteiger partial charge in [0.2, 0.25) is 5.91 Å². The molecule has 2 N–H and O–H groups in total. The van der Waals surface area contributed by atoms with Crippen LogP contribution in [-0.4, -0.2) is 118 Å². The number of hydrogen-bond donors (Lipinski definition) is 2. The van der Waals surface area contributed by atoms with Crippen LogP contribution in [0.15, 0.2) is 35.9 Å². The summed E-state index contributed by atoms with van der Waals surface area (Å²) in [5, 5.41) is 14.5. The molecule has 4 aliphatic rings. The van der Waals surface area contributed by atoms with Gasteiger partial charge in [0.05, 0.1) is 25.8 Å². The molecule has 2 saturated heterocycles. The topological polar surface area (TPSA) is 151 Å². The molecule has 290 valence electrons. The summed E-state index contributed by atoms with van der Waals surface area (Å²) in [7, 11) is 9.30. The van der Waals surface area contributed by atoms with Gasteiger partial charge in [0.15, 0.2) is 11.8 Å². The molecule has 1 aromatic carbocycles. The number of benzene rings is 1. The van der Waals surface area contributed by atoms with Gasteiger partial charge >= 0.3 is 12.1 Å². The molecule has 2 amide bonds. The van der Waals surface area contributed by atoms with Crippen LogP contribution in [0.3, 0.4) is 0 Å². The molecular weight excluding hydrogens is 736 g/mol. The second kappa shape index (κ2) is 18.2. The zero-order chi connectivity index (χ0) is 38.3. The van der Waals surface area contributed by atoms with Crippen LogP contribution in [-0.2, 0) is 44.4 Å². The molecule has 0 aliphatic carbocycles. The second-order valence-electron chi connectivity index (χ2n) is 13.6. The highest BCUT2D eigenvalue weighted by molar-refractivity contribution is 8.76. The predicted octanol–water partition coefficient (Wildman–Crippen LogP) is 5.24. The second-order valence-corrected chi connectivity index (χ2v) is 16.7. The van der Waals surface area contributed by atoms with Crippen molar-refractivity contribution < 1.29 is 52.6 Å². The Labute approximate surface area is 318 Å². The number of amides is 2. The Hall–Kier alpha value is -2.50. The normalized spacial score (nSPS) is 31.7. The van der Waals surface area contributed by atoms with Crippen molar-refractivity contribution in [1.29, 1.82) is 0 Å². The van der Waals surface area contributed by atoms with Crippen molar-refractivity contribution >= 4 is 56.8 Å². The highest BCUT2D eigenvalue weighted by atomic mass is 35.5. The van der Waals surface area contributed by atoms with Crippen molar-refractivity contribution in [3.63, 3.8) is 0 Å². The lowest BCUT2D eigenvalue weighted by molar-refractivity contribution is -0.329. The lowest BCUT2D eigenvalue weighted by Gasteiger charge is -2.59. The minimum atomic E-state index is -1.84. The standard InChI is InChI=1S/C36H51ClN2O11S2/c1-22-11-9-12-27(46-7)36(43)19-29(49-33(42)38-36)35(3)21-34(2,50-35)28(48-32(41)26(45-6)20-47-13-10-14-52-51-8)18-30(40)39(4)24-16-23(15-22)17-25(44-5)31(24)37/h9,11-12,16-17,26-29,43H,10,13-15,18-21H2,1-8H3,(H,38,42)/b12-9+,22-11+/t26?,27-,28+,29+,34-,35+,36+/m1/s1. The number of rotatable bonds is 12. The van der Waals surface area contributed by atoms with Gasteiger partial charge in [-0.1, -0.05) is 57.0 Å². The first kappa shape index (κ1) is 42.2. The van der Waals surface area contributed by atoms with E-state index in [1.807, 2.05) is 25.3 Å². The Morgan fingerprint density at radius 3 is 2.60 bits per heavy atom. The number of fused-ring (bicyclic) bond motifs is 6. The Morgan fingerprint density at radius 2 is 1.94 bits per heavy atom. The van der Waals surface area contributed by atoms with Crippen LogP contribution in [0.25, 0.3) is 0 Å². The van der Waals surface area contributed by atoms with Crippen LogP contribution in [0.5, 0.6) is 5.75 Å². The molecule has 5 rings (SSSR count). The number of anilines is 1. The first-order valence-corrected chi connectivity index (χ1v) is 20.1. The minimum Gasteiger partial charge on any atom is -0.495 e. The average molecular weight is 787 g/mol. The van der Waals surface area contributed by atoms with Gasteiger partial charge in [-0.25, -0.2) is 9.59 Å². The Bertz CT molecular complexity index is 1500. The molecule has 1 aromatic rings. The fraction of sp³-hybridized carbons (Fsp3) is 0.639. The molecular formula is C36H51ClN2O11S2. The van der Waals surface area contributed by atoms with Crippen molar-refractivity contribution in [3.8, 4) is 5.75 Å². The third kappa shape index (κ3) is 9.97. The van der Waals surface area contributed by atoms with E-state index in [-0.39, 0.29) is 30.9 Å². The van der Waals surface area contributed by atoms with Gasteiger partial charge in [0, 0.05) is 46.5 Å². The summed E-state index contributed by atoms with van der Waals surface area (Å²) in [6.45, 7) is 5.80. The molecule has 1 unspecified atom stereocenters. The van der Waals surface area contributed by atoms with Crippen molar-refractivity contribution in [2.45, 2.75) is 94.2 Å². The molecule has 4 aliphatic heterocycles. The van der Waals surface area contributed by atoms with Crippen molar-refractivity contribution in [3.05, 3.63) is 46.5 Å². The van der Waals surface area contributed by atoms with Crippen LogP contribution >= 0.6 is 33.2 Å². The molecule has 0 radical (unpaired) electrons. The molecule has 0 spiro atoms. The summed E-state index contributed by atoms with van der Waals surface area (Å²) in [5.74, 6) is 0.153. The maximum absolute atomic E-state index is 14.1. The fourth-order valence-electron chi connectivity index (χ4n) is 6.84. The van der Waals surface area contributed by atoms with E-state index >= 15 is 0 Å². The van der Waals surface area contributed by atoms with E-state index in [4.69, 9.17) is 44.8 Å². The van der Waals surface area contributed by atoms with Gasteiger partial charge in [-0.2, -0.15) is 0 Å². The number of nitrogens with zero attached hydrogens (tertiary/aromatic N) is 1. The summed E-state index contributed by atoms with van der Waals surface area (Å²) < 4.78 is 40.6. The van der Waals surface area contributed by atoms with Crippen molar-refractivity contribution in [1.82, 2.24) is 5.32 Å². The number of methoxy groups -OCH3 is 3. The number of halogens is 1. The van der Waals surface area contributed by atoms with Gasteiger partial charge in [0.25, 0.3) is 0 Å². The van der Waals surface area contributed by atoms with E-state index in [9.17, 15) is 19.5 Å². The van der Waals surface area contributed by atoms with Crippen LogP contribution < -0.4 is 15.0 Å². The monoisotopic (exact) mass is 786 g/mol. The summed E-state index contributed by atoms with van der Waals surface area (Å²) in [6.07, 6.45) is 3.51. The predicted molar refractivity (Wildman–Crippen MR) is 201 cm³/mol. The van der Waals surface area contributed by atoms with E-state index in [1.54, 1.807) is 60.7 Å². The number of esters is 1. The third-order valence-electron chi connectivity index (χ3n) is 9.57. The zero-order valence-electron chi connectivity index (χ0n) is 31.0. The van der Waals surface area contributed by atoms with Crippen LogP contribution in [0, 0.1) is 0 Å². The van der Waals surface area contributed by atoms with E-state index in [0.29, 0.717) is 24.5 Å². The number of hydrogen-bond acceptors (Lipinski definition) is 13. The van der Waals surface area contributed by atoms with Gasteiger partial charge in [-0.3, -0.25) is 10.1 Å². The zero-order valence-corrected chi connectivity index (χ0v) is 33.4. The van der Waals surface area contributed by atoms with Crippen LogP contribution in [0.2, 0.25) is 5.02 Å². The number of allylic oxidation sites excluding steroid dienone is 3. The molecule has 0 saturated carbocycles. The largest absolute Gasteiger partial charge is 0.495 e. The van der Waals surface area contributed by atoms with Crippen molar-refractivity contribution in [2.24, 2.45) is 0 Å². The smallest absolute Gasteiger partial charge is 0.409 e. The van der Waals surface area contributed by atoms with E-state index in [2.05, 4.69) is 5.32 Å². The molecule has 4 heterocycles. The van der Waals surface area contributed by atoms with Crippen molar-refractivity contribution in [2.75, 3.05) is 58.5 Å². The van der Waals surface area contributed by atoms with E-state index < -0.39 is 59.3 Å². The molecule has 16 heteroatoms. The van der Waals surface area contributed by atoms with Gasteiger partial charge in [0.1, 0.15) is 40.3 Å². The Kier molecular flexibility index (Phi) is 14.8. The first-order valence-electron chi connectivity index (χ1n) is 17.0. The lowest BCUT2D eigenvalue weighted by atomic mass is 9.72. The molecule has 6 bridgehead atoms. The molecule has 0 aromatic heterocycles. The van der Waals surface area contributed by atoms with Gasteiger partial charge < -0.3 is 43.2 Å². The summed E-state index contributed by atoms with van der Waals surface area (Å²) in [5.41, 5.74) is -2.00. The SMILES string of the molecule is COc1cc2cc(c1Cl)N(C)C(=O)C[C@H](OC(=O)C(COCCCSSC)OC)[C@@]1(C)C[C@](C)(O1)[C@@H]1C[C@@](O)(NC(=O)O1)[C@H](OC)/C=C/C=C(\C)C2. The number of aliphatic hydroxyl groups is 1. The van der Waals surface area contributed by atoms with Gasteiger partial charge in [-0.15, -0.1) is 0 Å². The maximum Gasteiger partial charge on any atom is 0.409 e. The molecule has 2 fully saturated rings. The third-order valence-corrected chi connectivity index (χ3v) is 11.9. The number of nitrogens with one attached hydrogen (secondary N) is 1. The molecule has 13 nitrogen and oxygen atoms in total. The Balaban J connectivity index is 1.71. The maximum atomic E-state index is 14.1. The highest BCUT2D eigenvalue weighted by Gasteiger charge is 2.63. The van der Waals surface area contributed by atoms with E-state index in [1.165, 1.54) is 26.2 Å². The lowest BCUT2D eigenvalue weighted by Crippen LogP contribution is -2.72. The Morgan fingerprint density at radius 1 is 1.21 bits per heavy atom. The molecule has 7 atom stereocenters. The number of alkyl carbamates (subject to hydrolysis) is 1. The quantitative estimate of drug-likeness (QED) is 0.162. The fourth-order valence-corrected chi connectivity index (χ4v) is 8.41. The number of carbonyl (C=O) groups is 3. The van der Waals surface area contributed by atoms with Crippen LogP contribution in [0.4, 0.5) is 10.5 Å². The first-order chi connectivity index (χ1) is 24.6. The highest BCUT2D eigenvalue weighted by Crippen LogP contribution is 2.50. The summed E-state index contributed by atoms with van der Waals surface area (Å²) >= 11 is 6.76. The number of ether oxygens (including phenoxy) is 7.